The molecule has 3 nitrogen and oxygen atoms in total. The van der Waals surface area contributed by atoms with E-state index in [1.54, 1.807) is 11.3 Å². The van der Waals surface area contributed by atoms with Crippen LogP contribution in [0.4, 0.5) is 10.5 Å². The monoisotopic (exact) mass is 241 g/mol. The molecule has 1 heterocycles. The molecule has 1 rings (SSSR count). The minimum atomic E-state index is -0.457. The van der Waals surface area contributed by atoms with E-state index in [1.165, 1.54) is 10.4 Å². The number of thiophene rings is 1. The molecule has 0 aliphatic rings. The molecule has 1 aromatic heterocycles. The summed E-state index contributed by atoms with van der Waals surface area (Å²) in [6.45, 7) is 9.70. The van der Waals surface area contributed by atoms with Crippen LogP contribution in [0.2, 0.25) is 0 Å². The molecule has 16 heavy (non-hydrogen) atoms. The number of carbonyl (C=O) groups is 1. The predicted octanol–water partition coefficient (Wildman–Crippen LogP) is 3.97. The van der Waals surface area contributed by atoms with Gasteiger partial charge in [0.05, 0.1) is 5.69 Å². The Balaban J connectivity index is 2.70. The smallest absolute Gasteiger partial charge is 0.412 e. The molecule has 0 unspecified atom stereocenters. The summed E-state index contributed by atoms with van der Waals surface area (Å²) in [6, 6.07) is 0. The second-order valence-electron chi connectivity index (χ2n) is 4.66. The molecule has 0 saturated carbocycles. The van der Waals surface area contributed by atoms with E-state index in [4.69, 9.17) is 4.74 Å². The first-order chi connectivity index (χ1) is 7.33. The Morgan fingerprint density at radius 1 is 1.50 bits per heavy atom. The molecule has 1 aromatic rings. The van der Waals surface area contributed by atoms with Gasteiger partial charge in [0.2, 0.25) is 0 Å². The maximum absolute atomic E-state index is 11.6. The van der Waals surface area contributed by atoms with Gasteiger partial charge in [-0.25, -0.2) is 4.79 Å². The fraction of sp³-hybridized carbons (Fsp3) is 0.583. The van der Waals surface area contributed by atoms with Crippen molar-refractivity contribution in [2.75, 3.05) is 5.32 Å². The molecule has 0 aliphatic heterocycles. The summed E-state index contributed by atoms with van der Waals surface area (Å²) in [5.41, 5.74) is 1.61. The molecule has 0 fully saturated rings. The SMILES string of the molecule is CCc1c(NC(=O)OC(C)(C)C)csc1C. The Bertz CT molecular complexity index is 377. The lowest BCUT2D eigenvalue weighted by Crippen LogP contribution is -2.27. The predicted molar refractivity (Wildman–Crippen MR) is 68.3 cm³/mol. The van der Waals surface area contributed by atoms with Gasteiger partial charge in [-0.1, -0.05) is 6.92 Å². The molecule has 1 N–H and O–H groups in total. The van der Waals surface area contributed by atoms with Gasteiger partial charge >= 0.3 is 6.09 Å². The standard InChI is InChI=1S/C12H19NO2S/c1-6-9-8(2)16-7-10(9)13-11(14)15-12(3,4)5/h7H,6H2,1-5H3,(H,13,14). The fourth-order valence-corrected chi connectivity index (χ4v) is 2.33. The van der Waals surface area contributed by atoms with Gasteiger partial charge in [-0.05, 0) is 39.7 Å². The second kappa shape index (κ2) is 4.87. The van der Waals surface area contributed by atoms with Gasteiger partial charge in [0, 0.05) is 10.3 Å². The topological polar surface area (TPSA) is 38.3 Å². The normalized spacial score (nSPS) is 11.3. The lowest BCUT2D eigenvalue weighted by Gasteiger charge is -2.19. The number of amides is 1. The minimum absolute atomic E-state index is 0.389. The Kier molecular flexibility index (Phi) is 3.97. The van der Waals surface area contributed by atoms with Gasteiger partial charge in [0.25, 0.3) is 0 Å². The highest BCUT2D eigenvalue weighted by atomic mass is 32.1. The molecule has 0 bridgehead atoms. The van der Waals surface area contributed by atoms with Crippen molar-refractivity contribution in [3.8, 4) is 0 Å². The molecular formula is C12H19NO2S. The van der Waals surface area contributed by atoms with E-state index in [9.17, 15) is 4.79 Å². The zero-order valence-electron chi connectivity index (χ0n) is 10.5. The molecule has 0 aromatic carbocycles. The molecule has 0 radical (unpaired) electrons. The average Bonchev–Trinajstić information content (AvgIpc) is 2.43. The van der Waals surface area contributed by atoms with Crippen LogP contribution in [-0.4, -0.2) is 11.7 Å². The maximum atomic E-state index is 11.6. The molecule has 0 spiro atoms. The number of aryl methyl sites for hydroxylation is 1. The zero-order chi connectivity index (χ0) is 12.3. The molecule has 1 amide bonds. The molecule has 0 saturated heterocycles. The first-order valence-corrected chi connectivity index (χ1v) is 6.28. The number of ether oxygens (including phenoxy) is 1. The average molecular weight is 241 g/mol. The van der Waals surface area contributed by atoms with Crippen LogP contribution in [0.5, 0.6) is 0 Å². The highest BCUT2D eigenvalue weighted by Crippen LogP contribution is 2.27. The maximum Gasteiger partial charge on any atom is 0.412 e. The summed E-state index contributed by atoms with van der Waals surface area (Å²) in [5.74, 6) is 0. The summed E-state index contributed by atoms with van der Waals surface area (Å²) >= 11 is 1.65. The molecule has 0 aliphatic carbocycles. The number of hydrogen-bond acceptors (Lipinski definition) is 3. The van der Waals surface area contributed by atoms with Crippen LogP contribution >= 0.6 is 11.3 Å². The van der Waals surface area contributed by atoms with Crippen molar-refractivity contribution < 1.29 is 9.53 Å². The van der Waals surface area contributed by atoms with Crippen LogP contribution in [0.1, 0.15) is 38.1 Å². The number of carbonyl (C=O) groups excluding carboxylic acids is 1. The van der Waals surface area contributed by atoms with E-state index in [0.717, 1.165) is 12.1 Å². The first-order valence-electron chi connectivity index (χ1n) is 5.40. The van der Waals surface area contributed by atoms with Gasteiger partial charge in [-0.3, -0.25) is 5.32 Å². The van der Waals surface area contributed by atoms with Gasteiger partial charge in [0.15, 0.2) is 0 Å². The first kappa shape index (κ1) is 13.0. The lowest BCUT2D eigenvalue weighted by atomic mass is 10.2. The Labute approximate surface area is 101 Å². The van der Waals surface area contributed by atoms with Crippen molar-refractivity contribution >= 4 is 23.1 Å². The molecule has 0 atom stereocenters. The van der Waals surface area contributed by atoms with Crippen LogP contribution in [-0.2, 0) is 11.2 Å². The quantitative estimate of drug-likeness (QED) is 0.851. The third-order valence-electron chi connectivity index (χ3n) is 2.09. The van der Waals surface area contributed by atoms with E-state index in [2.05, 4.69) is 19.2 Å². The summed E-state index contributed by atoms with van der Waals surface area (Å²) < 4.78 is 5.20. The molecule has 90 valence electrons. The van der Waals surface area contributed by atoms with Crippen LogP contribution in [0, 0.1) is 6.92 Å². The summed E-state index contributed by atoms with van der Waals surface area (Å²) in [7, 11) is 0. The van der Waals surface area contributed by atoms with E-state index >= 15 is 0 Å². The third kappa shape index (κ3) is 3.52. The Morgan fingerprint density at radius 3 is 2.62 bits per heavy atom. The number of anilines is 1. The van der Waals surface area contributed by atoms with Crippen molar-refractivity contribution in [2.24, 2.45) is 0 Å². The summed E-state index contributed by atoms with van der Waals surface area (Å²) in [5, 5.41) is 4.74. The van der Waals surface area contributed by atoms with E-state index in [0.29, 0.717) is 0 Å². The number of nitrogens with one attached hydrogen (secondary N) is 1. The van der Waals surface area contributed by atoms with Gasteiger partial charge in [0.1, 0.15) is 5.60 Å². The summed E-state index contributed by atoms with van der Waals surface area (Å²) in [6.07, 6.45) is 0.528. The van der Waals surface area contributed by atoms with Crippen molar-refractivity contribution in [3.05, 3.63) is 15.8 Å². The van der Waals surface area contributed by atoms with Crippen LogP contribution in [0.15, 0.2) is 5.38 Å². The van der Waals surface area contributed by atoms with Crippen molar-refractivity contribution in [1.29, 1.82) is 0 Å². The number of hydrogen-bond donors (Lipinski definition) is 1. The van der Waals surface area contributed by atoms with Gasteiger partial charge < -0.3 is 4.74 Å². The molecule has 4 heteroatoms. The van der Waals surface area contributed by atoms with E-state index < -0.39 is 5.60 Å². The van der Waals surface area contributed by atoms with Crippen LogP contribution in [0.3, 0.4) is 0 Å². The highest BCUT2D eigenvalue weighted by molar-refractivity contribution is 7.10. The van der Waals surface area contributed by atoms with E-state index in [1.807, 2.05) is 26.2 Å². The zero-order valence-corrected chi connectivity index (χ0v) is 11.3. The van der Waals surface area contributed by atoms with E-state index in [-0.39, 0.29) is 6.09 Å². The Morgan fingerprint density at radius 2 is 2.12 bits per heavy atom. The Hall–Kier alpha value is -1.03. The number of rotatable bonds is 2. The van der Waals surface area contributed by atoms with Gasteiger partial charge in [-0.15, -0.1) is 11.3 Å². The van der Waals surface area contributed by atoms with Crippen LogP contribution in [0.25, 0.3) is 0 Å². The highest BCUT2D eigenvalue weighted by Gasteiger charge is 2.17. The van der Waals surface area contributed by atoms with Crippen molar-refractivity contribution in [1.82, 2.24) is 0 Å². The molecular weight excluding hydrogens is 222 g/mol. The van der Waals surface area contributed by atoms with Crippen LogP contribution < -0.4 is 5.32 Å². The van der Waals surface area contributed by atoms with Gasteiger partial charge in [-0.2, -0.15) is 0 Å². The third-order valence-corrected chi connectivity index (χ3v) is 3.05. The van der Waals surface area contributed by atoms with Crippen molar-refractivity contribution in [3.63, 3.8) is 0 Å². The summed E-state index contributed by atoms with van der Waals surface area (Å²) in [4.78, 5) is 12.8. The van der Waals surface area contributed by atoms with Crippen molar-refractivity contribution in [2.45, 2.75) is 46.6 Å². The largest absolute Gasteiger partial charge is 0.444 e. The fourth-order valence-electron chi connectivity index (χ4n) is 1.44. The lowest BCUT2D eigenvalue weighted by molar-refractivity contribution is 0.0636. The minimum Gasteiger partial charge on any atom is -0.444 e. The second-order valence-corrected chi connectivity index (χ2v) is 5.75.